The zero-order valence-electron chi connectivity index (χ0n) is 18.6. The Balaban J connectivity index is 1.78. The van der Waals surface area contributed by atoms with Gasteiger partial charge in [-0.1, -0.05) is 42.5 Å². The van der Waals surface area contributed by atoms with Gasteiger partial charge in [0, 0.05) is 25.4 Å². The second kappa shape index (κ2) is 10.1. The van der Waals surface area contributed by atoms with Crippen molar-refractivity contribution in [2.24, 2.45) is 0 Å². The molecule has 1 heterocycles. The summed E-state index contributed by atoms with van der Waals surface area (Å²) in [6.07, 6.45) is -4.70. The van der Waals surface area contributed by atoms with E-state index >= 15 is 0 Å². The minimum atomic E-state index is -6.03. The first-order valence-corrected chi connectivity index (χ1v) is 10.3. The van der Waals surface area contributed by atoms with E-state index in [9.17, 15) is 31.5 Å². The first-order chi connectivity index (χ1) is 16.5. The van der Waals surface area contributed by atoms with Crippen LogP contribution in [0.4, 0.5) is 33.5 Å². The largest absolute Gasteiger partial charge is 0.463 e. The van der Waals surface area contributed by atoms with Crippen LogP contribution in [0.3, 0.4) is 0 Å². The topological polar surface area (TPSA) is 83.1 Å². The Morgan fingerprint density at radius 1 is 0.943 bits per heavy atom. The maximum Gasteiger partial charge on any atom is 0.463 e. The number of aryl methyl sites for hydroxylation is 1. The minimum absolute atomic E-state index is 0.0645. The summed E-state index contributed by atoms with van der Waals surface area (Å²) in [7, 11) is 1.54. The fourth-order valence-electron chi connectivity index (χ4n) is 3.23. The van der Waals surface area contributed by atoms with E-state index in [1.165, 1.54) is 26.2 Å². The standard InChI is InChI=1S/C24H21F5N4O2/c1-14-11-12-31-20(19(14)33-22(35)23(25,26)24(27,28)29)32-13-15-7-9-16(10-8-15)17-5-3-4-6-18(17)21(34)30-2/h3-12H,13H2,1-2H3,(H,30,34)(H,31,32)(H,33,35). The normalized spacial score (nSPS) is 11.6. The zero-order valence-corrected chi connectivity index (χ0v) is 18.6. The molecule has 6 nitrogen and oxygen atoms in total. The molecular weight excluding hydrogens is 471 g/mol. The van der Waals surface area contributed by atoms with Gasteiger partial charge in [0.25, 0.3) is 5.91 Å². The number of pyridine rings is 1. The maximum absolute atomic E-state index is 13.4. The second-order valence-electron chi connectivity index (χ2n) is 7.55. The van der Waals surface area contributed by atoms with Crippen LogP contribution in [0.1, 0.15) is 21.5 Å². The molecule has 2 amide bonds. The molecule has 11 heteroatoms. The molecule has 3 rings (SSSR count). The number of nitrogens with one attached hydrogen (secondary N) is 3. The Morgan fingerprint density at radius 3 is 2.23 bits per heavy atom. The van der Waals surface area contributed by atoms with Gasteiger partial charge in [-0.25, -0.2) is 4.98 Å². The smallest absolute Gasteiger partial charge is 0.364 e. The quantitative estimate of drug-likeness (QED) is 0.398. The first kappa shape index (κ1) is 25.6. The Bertz CT molecular complexity index is 1230. The molecule has 0 saturated heterocycles. The minimum Gasteiger partial charge on any atom is -0.364 e. The third-order valence-corrected chi connectivity index (χ3v) is 5.16. The Kier molecular flexibility index (Phi) is 7.37. The van der Waals surface area contributed by atoms with Gasteiger partial charge in [0.1, 0.15) is 5.82 Å². The van der Waals surface area contributed by atoms with Crippen molar-refractivity contribution in [1.29, 1.82) is 0 Å². The predicted octanol–water partition coefficient (Wildman–Crippen LogP) is 5.16. The molecule has 184 valence electrons. The van der Waals surface area contributed by atoms with Crippen molar-refractivity contribution in [3.8, 4) is 11.1 Å². The monoisotopic (exact) mass is 492 g/mol. The Morgan fingerprint density at radius 2 is 1.60 bits per heavy atom. The number of hydrogen-bond acceptors (Lipinski definition) is 4. The van der Waals surface area contributed by atoms with Crippen molar-refractivity contribution in [1.82, 2.24) is 10.3 Å². The fraction of sp³-hybridized carbons (Fsp3) is 0.208. The third kappa shape index (κ3) is 5.56. The molecule has 3 aromatic rings. The van der Waals surface area contributed by atoms with Gasteiger partial charge in [-0.3, -0.25) is 9.59 Å². The van der Waals surface area contributed by atoms with Crippen molar-refractivity contribution in [3.63, 3.8) is 0 Å². The van der Waals surface area contributed by atoms with Crippen LogP contribution < -0.4 is 16.0 Å². The van der Waals surface area contributed by atoms with Gasteiger partial charge in [0.15, 0.2) is 0 Å². The molecular formula is C24H21F5N4O2. The average Bonchev–Trinajstić information content (AvgIpc) is 2.83. The lowest BCUT2D eigenvalue weighted by Gasteiger charge is -2.20. The van der Waals surface area contributed by atoms with Gasteiger partial charge >= 0.3 is 18.0 Å². The van der Waals surface area contributed by atoms with Crippen LogP contribution in [0, 0.1) is 6.92 Å². The summed E-state index contributed by atoms with van der Waals surface area (Å²) in [4.78, 5) is 27.7. The van der Waals surface area contributed by atoms with E-state index in [4.69, 9.17) is 0 Å². The third-order valence-electron chi connectivity index (χ3n) is 5.16. The van der Waals surface area contributed by atoms with E-state index in [2.05, 4.69) is 15.6 Å². The highest BCUT2D eigenvalue weighted by molar-refractivity contribution is 6.01. The number of amides is 2. The van der Waals surface area contributed by atoms with E-state index in [1.54, 1.807) is 53.8 Å². The van der Waals surface area contributed by atoms with Gasteiger partial charge in [0.2, 0.25) is 0 Å². The summed E-state index contributed by atoms with van der Waals surface area (Å²) >= 11 is 0. The molecule has 0 unspecified atom stereocenters. The number of nitrogens with zero attached hydrogens (tertiary/aromatic N) is 1. The van der Waals surface area contributed by atoms with Crippen molar-refractivity contribution in [3.05, 3.63) is 77.5 Å². The summed E-state index contributed by atoms with van der Waals surface area (Å²) in [5.74, 6) is -8.36. The molecule has 0 spiro atoms. The molecule has 3 N–H and O–H groups in total. The van der Waals surface area contributed by atoms with Gasteiger partial charge in [0.05, 0.1) is 5.69 Å². The summed E-state index contributed by atoms with van der Waals surface area (Å²) in [6, 6.07) is 15.5. The molecule has 2 aromatic carbocycles. The van der Waals surface area contributed by atoms with Crippen molar-refractivity contribution in [2.75, 3.05) is 17.7 Å². The summed E-state index contributed by atoms with van der Waals surface area (Å²) in [5.41, 5.74) is 2.70. The molecule has 0 bridgehead atoms. The molecule has 0 aliphatic heterocycles. The van der Waals surface area contributed by atoms with E-state index in [1.807, 2.05) is 0 Å². The number of anilines is 2. The molecule has 0 radical (unpaired) electrons. The Labute approximate surface area is 197 Å². The number of alkyl halides is 5. The van der Waals surface area contributed by atoms with Gasteiger partial charge in [-0.2, -0.15) is 22.0 Å². The number of aromatic nitrogens is 1. The number of carbonyl (C=O) groups excluding carboxylic acids is 2. The number of carbonyl (C=O) groups is 2. The lowest BCUT2D eigenvalue weighted by molar-refractivity contribution is -0.267. The van der Waals surface area contributed by atoms with Crippen molar-refractivity contribution in [2.45, 2.75) is 25.6 Å². The lowest BCUT2D eigenvalue weighted by atomic mass is 9.98. The average molecular weight is 492 g/mol. The highest BCUT2D eigenvalue weighted by Gasteiger charge is 2.63. The first-order valence-electron chi connectivity index (χ1n) is 10.3. The van der Waals surface area contributed by atoms with Crippen LogP contribution in [0.2, 0.25) is 0 Å². The fourth-order valence-corrected chi connectivity index (χ4v) is 3.23. The van der Waals surface area contributed by atoms with Crippen molar-refractivity contribution >= 4 is 23.3 Å². The van der Waals surface area contributed by atoms with Gasteiger partial charge in [-0.05, 0) is 41.3 Å². The summed E-state index contributed by atoms with van der Waals surface area (Å²) in [6.45, 7) is 1.57. The molecule has 0 saturated carbocycles. The van der Waals surface area contributed by atoms with E-state index < -0.39 is 18.0 Å². The molecule has 0 aliphatic rings. The molecule has 0 atom stereocenters. The highest BCUT2D eigenvalue weighted by atomic mass is 19.4. The zero-order chi connectivity index (χ0) is 25.8. The van der Waals surface area contributed by atoms with Crippen LogP contribution in [0.25, 0.3) is 11.1 Å². The molecule has 0 fully saturated rings. The van der Waals surface area contributed by atoms with Crippen LogP contribution in [0.15, 0.2) is 60.8 Å². The summed E-state index contributed by atoms with van der Waals surface area (Å²) in [5, 5.41) is 7.08. The van der Waals surface area contributed by atoms with Crippen LogP contribution in [-0.4, -0.2) is 35.9 Å². The van der Waals surface area contributed by atoms with Crippen molar-refractivity contribution < 1.29 is 31.5 Å². The highest BCUT2D eigenvalue weighted by Crippen LogP contribution is 2.37. The Hall–Kier alpha value is -4.02. The summed E-state index contributed by atoms with van der Waals surface area (Å²) < 4.78 is 64.4. The molecule has 1 aromatic heterocycles. The molecule has 0 aliphatic carbocycles. The SMILES string of the molecule is CNC(=O)c1ccccc1-c1ccc(CNc2nccc(C)c2NC(=O)C(F)(F)C(F)(F)F)cc1. The van der Waals surface area contributed by atoms with Crippen LogP contribution >= 0.6 is 0 Å². The van der Waals surface area contributed by atoms with E-state index in [0.717, 1.165) is 16.7 Å². The maximum atomic E-state index is 13.4. The number of hydrogen-bond donors (Lipinski definition) is 3. The number of benzene rings is 2. The number of rotatable bonds is 7. The lowest BCUT2D eigenvalue weighted by Crippen LogP contribution is -2.47. The second-order valence-corrected chi connectivity index (χ2v) is 7.55. The van der Waals surface area contributed by atoms with Gasteiger partial charge in [-0.15, -0.1) is 0 Å². The predicted molar refractivity (Wildman–Crippen MR) is 121 cm³/mol. The number of halogens is 5. The van der Waals surface area contributed by atoms with Crippen LogP contribution in [-0.2, 0) is 11.3 Å². The van der Waals surface area contributed by atoms with E-state index in [0.29, 0.717) is 5.56 Å². The van der Waals surface area contributed by atoms with Crippen LogP contribution in [0.5, 0.6) is 0 Å². The van der Waals surface area contributed by atoms with E-state index in [-0.39, 0.29) is 29.5 Å². The van der Waals surface area contributed by atoms with Gasteiger partial charge < -0.3 is 16.0 Å². The molecule has 35 heavy (non-hydrogen) atoms.